The fourth-order valence-corrected chi connectivity index (χ4v) is 2.51. The van der Waals surface area contributed by atoms with E-state index in [4.69, 9.17) is 18.9 Å². The number of ether oxygens (including phenoxy) is 4. The van der Waals surface area contributed by atoms with E-state index in [0.717, 1.165) is 36.8 Å². The number of methoxy groups -OCH3 is 3. The largest absolute Gasteiger partial charge is 0.496 e. The smallest absolute Gasteiger partial charge is 0.164 e. The Kier molecular flexibility index (Phi) is 5.49. The first kappa shape index (κ1) is 14.9. The van der Waals surface area contributed by atoms with Gasteiger partial charge >= 0.3 is 0 Å². The van der Waals surface area contributed by atoms with Gasteiger partial charge in [0.2, 0.25) is 0 Å². The number of quaternary nitrogens is 1. The molecule has 5 heteroatoms. The summed E-state index contributed by atoms with van der Waals surface area (Å²) in [7, 11) is 4.94. The second-order valence-electron chi connectivity index (χ2n) is 4.88. The van der Waals surface area contributed by atoms with Gasteiger partial charge in [0.25, 0.3) is 0 Å². The van der Waals surface area contributed by atoms with Crippen molar-refractivity contribution in [1.29, 1.82) is 0 Å². The van der Waals surface area contributed by atoms with Gasteiger partial charge in [-0.05, 0) is 18.9 Å². The maximum Gasteiger partial charge on any atom is 0.164 e. The van der Waals surface area contributed by atoms with Crippen LogP contribution < -0.4 is 19.5 Å². The van der Waals surface area contributed by atoms with Gasteiger partial charge in [-0.3, -0.25) is 0 Å². The molecule has 1 atom stereocenters. The lowest BCUT2D eigenvalue weighted by Crippen LogP contribution is -2.84. The second-order valence-corrected chi connectivity index (χ2v) is 4.88. The Morgan fingerprint density at radius 3 is 2.40 bits per heavy atom. The molecular formula is C15H24NO4+. The summed E-state index contributed by atoms with van der Waals surface area (Å²) >= 11 is 0. The predicted molar refractivity (Wildman–Crippen MR) is 75.6 cm³/mol. The molecule has 0 aromatic heterocycles. The van der Waals surface area contributed by atoms with Crippen LogP contribution in [0.4, 0.5) is 0 Å². The third-order valence-corrected chi connectivity index (χ3v) is 3.60. The van der Waals surface area contributed by atoms with Crippen molar-refractivity contribution in [2.45, 2.75) is 25.5 Å². The fraction of sp³-hybridized carbons (Fsp3) is 0.600. The molecule has 1 saturated heterocycles. The topological polar surface area (TPSA) is 53.5 Å². The van der Waals surface area contributed by atoms with Gasteiger partial charge < -0.3 is 24.3 Å². The number of rotatable bonds is 7. The molecule has 20 heavy (non-hydrogen) atoms. The Bertz CT molecular complexity index is 430. The van der Waals surface area contributed by atoms with Crippen LogP contribution in [0.15, 0.2) is 12.1 Å². The van der Waals surface area contributed by atoms with E-state index in [2.05, 4.69) is 5.32 Å². The summed E-state index contributed by atoms with van der Waals surface area (Å²) in [5.74, 6) is 2.24. The van der Waals surface area contributed by atoms with E-state index in [9.17, 15) is 0 Å². The predicted octanol–water partition coefficient (Wildman–Crippen LogP) is 0.955. The highest BCUT2D eigenvalue weighted by atomic mass is 16.5. The van der Waals surface area contributed by atoms with E-state index in [0.29, 0.717) is 11.9 Å². The SMILES string of the molecule is COc1cc(OC)c(OC)cc1C[NH2+]C[C@H]1CCCO1. The lowest BCUT2D eigenvalue weighted by Gasteiger charge is -2.14. The minimum atomic E-state index is 0.390. The average molecular weight is 282 g/mol. The van der Waals surface area contributed by atoms with Crippen LogP contribution >= 0.6 is 0 Å². The summed E-state index contributed by atoms with van der Waals surface area (Å²) in [6, 6.07) is 3.84. The standard InChI is InChI=1S/C15H23NO4/c1-17-13-8-15(19-3)14(18-2)7-11(13)9-16-10-12-5-4-6-20-12/h7-8,12,16H,4-6,9-10H2,1-3H3/p+1/t12-/m1/s1. The van der Waals surface area contributed by atoms with Gasteiger partial charge in [0.05, 0.1) is 26.9 Å². The highest BCUT2D eigenvalue weighted by Gasteiger charge is 2.18. The van der Waals surface area contributed by atoms with E-state index in [1.165, 1.54) is 12.8 Å². The molecule has 1 aliphatic rings. The highest BCUT2D eigenvalue weighted by molar-refractivity contribution is 5.50. The van der Waals surface area contributed by atoms with Crippen LogP contribution in [0.5, 0.6) is 17.2 Å². The van der Waals surface area contributed by atoms with Gasteiger partial charge in [-0.2, -0.15) is 0 Å². The van der Waals surface area contributed by atoms with E-state index >= 15 is 0 Å². The first-order valence-electron chi connectivity index (χ1n) is 7.00. The third kappa shape index (κ3) is 3.55. The molecule has 0 saturated carbocycles. The Hall–Kier alpha value is -1.46. The highest BCUT2D eigenvalue weighted by Crippen LogP contribution is 2.34. The molecule has 1 fully saturated rings. The van der Waals surface area contributed by atoms with Crippen molar-refractivity contribution in [2.24, 2.45) is 0 Å². The zero-order valence-corrected chi connectivity index (χ0v) is 12.5. The number of nitrogens with two attached hydrogens (primary N) is 1. The summed E-state index contributed by atoms with van der Waals surface area (Å²) < 4.78 is 21.7. The lowest BCUT2D eigenvalue weighted by molar-refractivity contribution is -0.676. The summed E-state index contributed by atoms with van der Waals surface area (Å²) in [5.41, 5.74) is 1.10. The van der Waals surface area contributed by atoms with Crippen molar-refractivity contribution in [1.82, 2.24) is 0 Å². The van der Waals surface area contributed by atoms with Crippen LogP contribution in [-0.2, 0) is 11.3 Å². The average Bonchev–Trinajstić information content (AvgIpc) is 2.99. The third-order valence-electron chi connectivity index (χ3n) is 3.60. The second kappa shape index (κ2) is 7.36. The zero-order valence-electron chi connectivity index (χ0n) is 12.5. The van der Waals surface area contributed by atoms with E-state index < -0.39 is 0 Å². The van der Waals surface area contributed by atoms with Crippen molar-refractivity contribution in [2.75, 3.05) is 34.5 Å². The number of benzene rings is 1. The molecule has 1 aliphatic heterocycles. The fourth-order valence-electron chi connectivity index (χ4n) is 2.51. The van der Waals surface area contributed by atoms with Gasteiger partial charge in [-0.25, -0.2) is 0 Å². The van der Waals surface area contributed by atoms with E-state index in [1.807, 2.05) is 12.1 Å². The van der Waals surface area contributed by atoms with Crippen LogP contribution in [0.1, 0.15) is 18.4 Å². The molecule has 5 nitrogen and oxygen atoms in total. The van der Waals surface area contributed by atoms with Gasteiger partial charge in [0.15, 0.2) is 11.5 Å². The van der Waals surface area contributed by atoms with Crippen LogP contribution in [-0.4, -0.2) is 40.6 Å². The first-order chi connectivity index (χ1) is 9.78. The monoisotopic (exact) mass is 282 g/mol. The minimum absolute atomic E-state index is 0.390. The summed E-state index contributed by atoms with van der Waals surface area (Å²) in [6.07, 6.45) is 2.73. The molecule has 1 aromatic rings. The maximum atomic E-state index is 5.62. The number of hydrogen-bond donors (Lipinski definition) is 1. The Morgan fingerprint density at radius 1 is 1.10 bits per heavy atom. The molecule has 0 amide bonds. The van der Waals surface area contributed by atoms with Crippen molar-refractivity contribution in [3.05, 3.63) is 17.7 Å². The summed E-state index contributed by atoms with van der Waals surface area (Å²) in [5, 5.41) is 2.25. The van der Waals surface area contributed by atoms with Crippen LogP contribution in [0.25, 0.3) is 0 Å². The Labute approximate surface area is 120 Å². The summed E-state index contributed by atoms with van der Waals surface area (Å²) in [4.78, 5) is 0. The molecule has 2 N–H and O–H groups in total. The Morgan fingerprint density at radius 2 is 1.80 bits per heavy atom. The Balaban J connectivity index is 2.01. The molecular weight excluding hydrogens is 258 g/mol. The molecule has 0 spiro atoms. The molecule has 0 aliphatic carbocycles. The molecule has 1 aromatic carbocycles. The normalized spacial score (nSPS) is 18.1. The van der Waals surface area contributed by atoms with Crippen molar-refractivity contribution < 1.29 is 24.3 Å². The maximum absolute atomic E-state index is 5.62. The van der Waals surface area contributed by atoms with Gasteiger partial charge in [0.1, 0.15) is 24.9 Å². The molecule has 112 valence electrons. The molecule has 0 radical (unpaired) electrons. The van der Waals surface area contributed by atoms with Crippen LogP contribution in [0, 0.1) is 0 Å². The van der Waals surface area contributed by atoms with Crippen LogP contribution in [0.2, 0.25) is 0 Å². The van der Waals surface area contributed by atoms with Gasteiger partial charge in [-0.15, -0.1) is 0 Å². The molecule has 1 heterocycles. The molecule has 0 unspecified atom stereocenters. The van der Waals surface area contributed by atoms with E-state index in [-0.39, 0.29) is 0 Å². The van der Waals surface area contributed by atoms with E-state index in [1.54, 1.807) is 21.3 Å². The van der Waals surface area contributed by atoms with Crippen molar-refractivity contribution in [3.63, 3.8) is 0 Å². The quantitative estimate of drug-likeness (QED) is 0.809. The van der Waals surface area contributed by atoms with Crippen molar-refractivity contribution in [3.8, 4) is 17.2 Å². The van der Waals surface area contributed by atoms with Crippen molar-refractivity contribution >= 4 is 0 Å². The van der Waals surface area contributed by atoms with Gasteiger partial charge in [0, 0.05) is 12.7 Å². The first-order valence-corrected chi connectivity index (χ1v) is 7.00. The molecule has 0 bridgehead atoms. The zero-order chi connectivity index (χ0) is 14.4. The van der Waals surface area contributed by atoms with Crippen LogP contribution in [0.3, 0.4) is 0 Å². The minimum Gasteiger partial charge on any atom is -0.496 e. The summed E-state index contributed by atoms with van der Waals surface area (Å²) in [6.45, 7) is 2.72. The lowest BCUT2D eigenvalue weighted by atomic mass is 10.1. The molecule has 2 rings (SSSR count). The van der Waals surface area contributed by atoms with Gasteiger partial charge in [-0.1, -0.05) is 0 Å². The number of hydrogen-bond acceptors (Lipinski definition) is 4.